The Morgan fingerprint density at radius 1 is 1.69 bits per heavy atom. The van der Waals surface area contributed by atoms with Gasteiger partial charge in [-0.2, -0.15) is 10.4 Å². The highest BCUT2D eigenvalue weighted by atomic mass is 35.5. The van der Waals surface area contributed by atoms with Crippen molar-refractivity contribution in [2.45, 2.75) is 31.7 Å². The Balaban J connectivity index is 2.11. The Bertz CT molecular complexity index is 346. The second kappa shape index (κ2) is 3.39. The molecular weight excluding hydrogens is 186 g/mol. The van der Waals surface area contributed by atoms with Gasteiger partial charge in [-0.15, -0.1) is 0 Å². The molecular formula is C9H10ClN3. The zero-order valence-electron chi connectivity index (χ0n) is 7.20. The lowest BCUT2D eigenvalue weighted by molar-refractivity contribution is 0.618. The lowest BCUT2D eigenvalue weighted by atomic mass is 10.3. The van der Waals surface area contributed by atoms with Crippen molar-refractivity contribution in [2.24, 2.45) is 0 Å². The molecule has 0 aliphatic heterocycles. The SMILES string of the molecule is N#CCCn1nc(C2CC2)cc1Cl. The van der Waals surface area contributed by atoms with Crippen LogP contribution in [0.5, 0.6) is 0 Å². The van der Waals surface area contributed by atoms with Gasteiger partial charge in [0.25, 0.3) is 0 Å². The molecule has 0 amide bonds. The third kappa shape index (κ3) is 1.84. The van der Waals surface area contributed by atoms with E-state index >= 15 is 0 Å². The molecule has 0 radical (unpaired) electrons. The lowest BCUT2D eigenvalue weighted by Gasteiger charge is -1.96. The molecule has 1 aromatic heterocycles. The van der Waals surface area contributed by atoms with E-state index in [1.165, 1.54) is 12.8 Å². The fourth-order valence-corrected chi connectivity index (χ4v) is 1.54. The summed E-state index contributed by atoms with van der Waals surface area (Å²) in [4.78, 5) is 0. The molecule has 1 fully saturated rings. The highest BCUT2D eigenvalue weighted by molar-refractivity contribution is 6.29. The van der Waals surface area contributed by atoms with Crippen LogP contribution in [0.1, 0.15) is 30.9 Å². The van der Waals surface area contributed by atoms with Crippen LogP contribution in [0, 0.1) is 11.3 Å². The molecule has 0 unspecified atom stereocenters. The van der Waals surface area contributed by atoms with Gasteiger partial charge in [0.1, 0.15) is 5.15 Å². The summed E-state index contributed by atoms with van der Waals surface area (Å²) < 4.78 is 1.71. The van der Waals surface area contributed by atoms with Crippen molar-refractivity contribution in [3.63, 3.8) is 0 Å². The van der Waals surface area contributed by atoms with E-state index in [0.717, 1.165) is 5.69 Å². The Hall–Kier alpha value is -1.01. The normalized spacial score (nSPS) is 15.7. The van der Waals surface area contributed by atoms with Crippen molar-refractivity contribution in [3.05, 3.63) is 16.9 Å². The van der Waals surface area contributed by atoms with Crippen LogP contribution in [0.4, 0.5) is 0 Å². The van der Waals surface area contributed by atoms with Gasteiger partial charge in [-0.05, 0) is 18.9 Å². The van der Waals surface area contributed by atoms with Gasteiger partial charge in [0.2, 0.25) is 0 Å². The maximum Gasteiger partial charge on any atom is 0.127 e. The standard InChI is InChI=1S/C9H10ClN3/c10-9-6-8(7-2-3-7)12-13(9)5-1-4-11/h6-7H,1-3,5H2. The highest BCUT2D eigenvalue weighted by Crippen LogP contribution is 2.39. The van der Waals surface area contributed by atoms with Crippen LogP contribution < -0.4 is 0 Å². The van der Waals surface area contributed by atoms with Gasteiger partial charge in [-0.3, -0.25) is 4.68 Å². The van der Waals surface area contributed by atoms with E-state index < -0.39 is 0 Å². The van der Waals surface area contributed by atoms with Gasteiger partial charge in [-0.1, -0.05) is 11.6 Å². The van der Waals surface area contributed by atoms with E-state index in [0.29, 0.717) is 24.0 Å². The number of nitriles is 1. The van der Waals surface area contributed by atoms with Crippen molar-refractivity contribution < 1.29 is 0 Å². The van der Waals surface area contributed by atoms with E-state index in [-0.39, 0.29) is 0 Å². The minimum absolute atomic E-state index is 0.464. The van der Waals surface area contributed by atoms with Crippen LogP contribution in [0.2, 0.25) is 5.15 Å². The van der Waals surface area contributed by atoms with Gasteiger partial charge in [0, 0.05) is 5.92 Å². The zero-order valence-corrected chi connectivity index (χ0v) is 7.96. The van der Waals surface area contributed by atoms with Crippen molar-refractivity contribution >= 4 is 11.6 Å². The summed E-state index contributed by atoms with van der Waals surface area (Å²) >= 11 is 5.94. The molecule has 13 heavy (non-hydrogen) atoms. The second-order valence-corrected chi connectivity index (χ2v) is 3.68. The summed E-state index contributed by atoms with van der Waals surface area (Å²) in [5.41, 5.74) is 1.09. The summed E-state index contributed by atoms with van der Waals surface area (Å²) in [5, 5.41) is 13.4. The topological polar surface area (TPSA) is 41.6 Å². The zero-order chi connectivity index (χ0) is 9.26. The second-order valence-electron chi connectivity index (χ2n) is 3.30. The Labute approximate surface area is 81.9 Å². The van der Waals surface area contributed by atoms with Crippen LogP contribution in [0.25, 0.3) is 0 Å². The fourth-order valence-electron chi connectivity index (χ4n) is 1.30. The summed E-state index contributed by atoms with van der Waals surface area (Å²) in [7, 11) is 0. The number of aromatic nitrogens is 2. The molecule has 1 heterocycles. The summed E-state index contributed by atoms with van der Waals surface area (Å²) in [6.07, 6.45) is 2.92. The van der Waals surface area contributed by atoms with Crippen molar-refractivity contribution in [3.8, 4) is 6.07 Å². The van der Waals surface area contributed by atoms with Crippen LogP contribution in [0.3, 0.4) is 0 Å². The van der Waals surface area contributed by atoms with E-state index in [1.807, 2.05) is 6.07 Å². The van der Waals surface area contributed by atoms with Crippen molar-refractivity contribution in [2.75, 3.05) is 0 Å². The van der Waals surface area contributed by atoms with Gasteiger partial charge in [0.15, 0.2) is 0 Å². The Morgan fingerprint density at radius 2 is 2.46 bits per heavy atom. The molecule has 4 heteroatoms. The molecule has 3 nitrogen and oxygen atoms in total. The molecule has 0 spiro atoms. The fraction of sp³-hybridized carbons (Fsp3) is 0.556. The molecule has 1 saturated carbocycles. The van der Waals surface area contributed by atoms with Crippen molar-refractivity contribution in [1.29, 1.82) is 5.26 Å². The van der Waals surface area contributed by atoms with Crippen LogP contribution in [-0.2, 0) is 6.54 Å². The quantitative estimate of drug-likeness (QED) is 0.743. The lowest BCUT2D eigenvalue weighted by Crippen LogP contribution is -1.99. The minimum atomic E-state index is 0.464. The number of hydrogen-bond donors (Lipinski definition) is 0. The molecule has 0 N–H and O–H groups in total. The predicted molar refractivity (Wildman–Crippen MR) is 49.4 cm³/mol. The van der Waals surface area contributed by atoms with E-state index in [1.54, 1.807) is 4.68 Å². The summed E-state index contributed by atoms with van der Waals surface area (Å²) in [5.74, 6) is 0.626. The number of aryl methyl sites for hydroxylation is 1. The first-order chi connectivity index (χ1) is 6.31. The molecule has 0 bridgehead atoms. The van der Waals surface area contributed by atoms with Crippen molar-refractivity contribution in [1.82, 2.24) is 9.78 Å². The molecule has 0 aromatic carbocycles. The first-order valence-corrected chi connectivity index (χ1v) is 4.79. The van der Waals surface area contributed by atoms with Crippen LogP contribution in [0.15, 0.2) is 6.07 Å². The van der Waals surface area contributed by atoms with Gasteiger partial charge in [0.05, 0.1) is 24.7 Å². The maximum atomic E-state index is 8.41. The first kappa shape index (κ1) is 8.58. The molecule has 0 saturated heterocycles. The van der Waals surface area contributed by atoms with Gasteiger partial charge in [-0.25, -0.2) is 0 Å². The summed E-state index contributed by atoms with van der Waals surface area (Å²) in [6, 6.07) is 3.99. The molecule has 68 valence electrons. The van der Waals surface area contributed by atoms with Crippen LogP contribution in [-0.4, -0.2) is 9.78 Å². The number of halogens is 1. The molecule has 0 atom stereocenters. The van der Waals surface area contributed by atoms with E-state index in [9.17, 15) is 0 Å². The van der Waals surface area contributed by atoms with E-state index in [4.69, 9.17) is 16.9 Å². The smallest absolute Gasteiger partial charge is 0.127 e. The average Bonchev–Trinajstić information content (AvgIpc) is 2.89. The largest absolute Gasteiger partial charge is 0.253 e. The predicted octanol–water partition coefficient (Wildman–Crippen LogP) is 2.33. The van der Waals surface area contributed by atoms with Crippen LogP contribution >= 0.6 is 11.6 Å². The monoisotopic (exact) mass is 195 g/mol. The Kier molecular flexibility index (Phi) is 2.24. The third-order valence-electron chi connectivity index (χ3n) is 2.18. The van der Waals surface area contributed by atoms with Gasteiger partial charge >= 0.3 is 0 Å². The molecule has 1 aromatic rings. The van der Waals surface area contributed by atoms with E-state index in [2.05, 4.69) is 11.2 Å². The Morgan fingerprint density at radius 3 is 3.08 bits per heavy atom. The molecule has 2 rings (SSSR count). The number of hydrogen-bond acceptors (Lipinski definition) is 2. The minimum Gasteiger partial charge on any atom is -0.253 e. The summed E-state index contributed by atoms with van der Waals surface area (Å²) in [6.45, 7) is 0.599. The molecule has 1 aliphatic carbocycles. The first-order valence-electron chi connectivity index (χ1n) is 4.41. The average molecular weight is 196 g/mol. The molecule has 1 aliphatic rings. The maximum absolute atomic E-state index is 8.41. The highest BCUT2D eigenvalue weighted by Gasteiger charge is 2.26. The number of nitrogens with zero attached hydrogens (tertiary/aromatic N) is 3. The number of rotatable bonds is 3. The third-order valence-corrected chi connectivity index (χ3v) is 2.49. The van der Waals surface area contributed by atoms with Gasteiger partial charge < -0.3 is 0 Å².